The average molecular weight is 686 g/mol. The van der Waals surface area contributed by atoms with Gasteiger partial charge in [0.25, 0.3) is 0 Å². The number of nitrogens with one attached hydrogen (secondary N) is 2. The van der Waals surface area contributed by atoms with Gasteiger partial charge in [-0.1, -0.05) is 127 Å². The van der Waals surface area contributed by atoms with Crippen molar-refractivity contribution in [2.45, 2.75) is 6.92 Å². The summed E-state index contributed by atoms with van der Waals surface area (Å²) in [6.07, 6.45) is 9.73. The van der Waals surface area contributed by atoms with E-state index < -0.39 is 0 Å². The molecule has 247 valence electrons. The topological polar surface area (TPSA) is 136 Å². The average Bonchev–Trinajstić information content (AvgIpc) is 3.16. The molecule has 1 aromatic heterocycles. The second-order valence-corrected chi connectivity index (χ2v) is 9.05. The van der Waals surface area contributed by atoms with Gasteiger partial charge in [-0.15, -0.1) is 16.7 Å². The standard InChI is InChI=1S/2C14H12N2O2.C5H5N.C5H7.Co/c2*17-15-13(11-7-3-1-4-8-11)14(16-18)12-9-5-2-6-10-12;1-2-4-6-5-3-1;1-3-5-4-2;/h2*1-10,15,17H;1-5H;4-5H,1H2,2H3;/q;;;-1;/b2*14-13-;;5-4+;. The molecule has 0 saturated heterocycles. The van der Waals surface area contributed by atoms with Crippen LogP contribution in [0.2, 0.25) is 0 Å². The summed E-state index contributed by atoms with van der Waals surface area (Å²) in [4.78, 5) is 25.8. The van der Waals surface area contributed by atoms with E-state index >= 15 is 0 Å². The summed E-state index contributed by atoms with van der Waals surface area (Å²) in [7, 11) is 0. The van der Waals surface area contributed by atoms with Gasteiger partial charge in [0.2, 0.25) is 0 Å². The molecule has 0 aliphatic heterocycles. The van der Waals surface area contributed by atoms with E-state index in [1.54, 1.807) is 91.3 Å². The summed E-state index contributed by atoms with van der Waals surface area (Å²) in [6, 6.07) is 41.8. The maximum atomic E-state index is 11.0. The molecule has 0 atom stereocenters. The molecule has 1 radical (unpaired) electrons. The van der Waals surface area contributed by atoms with Gasteiger partial charge >= 0.3 is 0 Å². The first-order valence-corrected chi connectivity index (χ1v) is 14.3. The molecule has 1 heterocycles. The first-order chi connectivity index (χ1) is 23.1. The number of allylic oxidation sites excluding steroid dienone is 3. The van der Waals surface area contributed by atoms with Gasteiger partial charge < -0.3 is 0 Å². The first-order valence-electron chi connectivity index (χ1n) is 14.3. The first kappa shape index (κ1) is 40.2. The number of pyridine rings is 1. The van der Waals surface area contributed by atoms with Crippen LogP contribution in [-0.2, 0) is 16.8 Å². The molecule has 10 heteroatoms. The quantitative estimate of drug-likeness (QED) is 0.0399. The Kier molecular flexibility index (Phi) is 21.3. The SMILES string of the molecule is C=[C-]/C=C/C.O=N/C(=C(\NO)c1ccccc1)c1ccccc1.O=N/C(=C(\NO)c1ccccc1)c1ccccc1.[Co].c1ccncc1. The van der Waals surface area contributed by atoms with E-state index in [9.17, 15) is 20.2 Å². The van der Waals surface area contributed by atoms with E-state index in [0.29, 0.717) is 22.3 Å². The van der Waals surface area contributed by atoms with Gasteiger partial charge in [0.05, 0.1) is 11.4 Å². The molecule has 4 N–H and O–H groups in total. The van der Waals surface area contributed by atoms with Gasteiger partial charge in [0.15, 0.2) is 0 Å². The fraction of sp³-hybridized carbons (Fsp3) is 0.0263. The van der Waals surface area contributed by atoms with Crippen molar-refractivity contribution in [3.05, 3.63) is 209 Å². The molecule has 0 amide bonds. The van der Waals surface area contributed by atoms with Crippen LogP contribution in [0.5, 0.6) is 0 Å². The third kappa shape index (κ3) is 14.1. The number of aromatic nitrogens is 1. The Morgan fingerprint density at radius 3 is 1.10 bits per heavy atom. The normalized spacial score (nSPS) is 10.6. The van der Waals surface area contributed by atoms with Gasteiger partial charge in [0, 0.05) is 51.4 Å². The van der Waals surface area contributed by atoms with Crippen molar-refractivity contribution in [2.24, 2.45) is 10.4 Å². The number of hydrogen-bond donors (Lipinski definition) is 4. The zero-order valence-corrected chi connectivity index (χ0v) is 27.2. The smallest absolute Gasteiger partial charge is 0.141 e. The van der Waals surface area contributed by atoms with Gasteiger partial charge in [-0.25, -0.2) is 12.2 Å². The molecule has 0 unspecified atom stereocenters. The third-order valence-electron chi connectivity index (χ3n) is 5.95. The number of nitroso groups, excluding NO2 is 2. The molecule has 5 aromatic rings. The number of nitrogens with zero attached hydrogens (tertiary/aromatic N) is 3. The van der Waals surface area contributed by atoms with Gasteiger partial charge in [-0.2, -0.15) is 6.58 Å². The van der Waals surface area contributed by atoms with E-state index in [1.165, 1.54) is 0 Å². The molecule has 0 bridgehead atoms. The van der Waals surface area contributed by atoms with Crippen LogP contribution < -0.4 is 11.0 Å². The third-order valence-corrected chi connectivity index (χ3v) is 5.95. The molecule has 0 aliphatic rings. The van der Waals surface area contributed by atoms with Crippen molar-refractivity contribution in [3.63, 3.8) is 0 Å². The molecule has 0 fully saturated rings. The Morgan fingerprint density at radius 2 is 0.917 bits per heavy atom. The zero-order valence-electron chi connectivity index (χ0n) is 26.2. The Labute approximate surface area is 291 Å². The summed E-state index contributed by atoms with van der Waals surface area (Å²) in [5.41, 5.74) is 7.70. The van der Waals surface area contributed by atoms with Gasteiger partial charge in [0.1, 0.15) is 11.4 Å². The summed E-state index contributed by atoms with van der Waals surface area (Å²) in [6.45, 7) is 5.27. The number of rotatable bonds is 9. The summed E-state index contributed by atoms with van der Waals surface area (Å²) >= 11 is 0. The van der Waals surface area contributed by atoms with Gasteiger partial charge in [-0.05, 0) is 22.5 Å². The predicted molar refractivity (Wildman–Crippen MR) is 189 cm³/mol. The molecule has 4 aromatic carbocycles. The van der Waals surface area contributed by atoms with Crippen LogP contribution in [0.25, 0.3) is 22.8 Å². The molecule has 9 nitrogen and oxygen atoms in total. The van der Waals surface area contributed by atoms with Crippen LogP contribution in [-0.4, -0.2) is 15.4 Å². The predicted octanol–water partition coefficient (Wildman–Crippen LogP) is 9.15. The fourth-order valence-corrected chi connectivity index (χ4v) is 3.83. The maximum absolute atomic E-state index is 11.0. The van der Waals surface area contributed by atoms with E-state index in [2.05, 4.69) is 39.0 Å². The fourth-order valence-electron chi connectivity index (χ4n) is 3.83. The van der Waals surface area contributed by atoms with Crippen LogP contribution in [0.3, 0.4) is 0 Å². The van der Waals surface area contributed by atoms with E-state index in [4.69, 9.17) is 0 Å². The zero-order chi connectivity index (χ0) is 34.0. The van der Waals surface area contributed by atoms with E-state index in [0.717, 1.165) is 0 Å². The van der Waals surface area contributed by atoms with Crippen molar-refractivity contribution < 1.29 is 27.2 Å². The second-order valence-electron chi connectivity index (χ2n) is 9.05. The maximum Gasteiger partial charge on any atom is 0.141 e. The van der Waals surface area contributed by atoms with Crippen LogP contribution in [0.4, 0.5) is 0 Å². The largest absolute Gasteiger partial charge is 0.291 e. The molecule has 0 aliphatic carbocycles. The molecular formula is C38H36CoN5O4-. The van der Waals surface area contributed by atoms with Crippen molar-refractivity contribution in [3.8, 4) is 0 Å². The molecular weight excluding hydrogens is 649 g/mol. The minimum Gasteiger partial charge on any atom is -0.291 e. The number of benzene rings is 4. The second kappa shape index (κ2) is 25.4. The van der Waals surface area contributed by atoms with Crippen molar-refractivity contribution >= 4 is 22.8 Å². The minimum absolute atomic E-state index is 0. The Bertz CT molecular complexity index is 1550. The van der Waals surface area contributed by atoms with E-state index in [1.807, 2.05) is 79.7 Å². The Hall–Kier alpha value is -5.78. The van der Waals surface area contributed by atoms with Crippen LogP contribution in [0.1, 0.15) is 29.2 Å². The summed E-state index contributed by atoms with van der Waals surface area (Å²) in [5.74, 6) is 0. The monoisotopic (exact) mass is 685 g/mol. The number of hydroxylamine groups is 2. The minimum atomic E-state index is 0. The van der Waals surface area contributed by atoms with Crippen molar-refractivity contribution in [1.29, 1.82) is 0 Å². The van der Waals surface area contributed by atoms with Crippen molar-refractivity contribution in [2.75, 3.05) is 0 Å². The Balaban J connectivity index is 0.000000361. The molecule has 5 rings (SSSR count). The molecule has 0 saturated carbocycles. The number of hydrogen-bond acceptors (Lipinski definition) is 9. The summed E-state index contributed by atoms with van der Waals surface area (Å²) < 4.78 is 0. The van der Waals surface area contributed by atoms with E-state index in [-0.39, 0.29) is 39.6 Å². The van der Waals surface area contributed by atoms with Crippen molar-refractivity contribution in [1.82, 2.24) is 15.9 Å². The molecule has 0 spiro atoms. The van der Waals surface area contributed by atoms with Crippen LogP contribution >= 0.6 is 0 Å². The van der Waals surface area contributed by atoms with Crippen LogP contribution in [0, 0.1) is 15.9 Å². The summed E-state index contributed by atoms with van der Waals surface area (Å²) in [5, 5.41) is 24.5. The molecule has 48 heavy (non-hydrogen) atoms. The van der Waals surface area contributed by atoms with Crippen LogP contribution in [0.15, 0.2) is 181 Å². The van der Waals surface area contributed by atoms with Gasteiger partial charge in [-0.3, -0.25) is 32.4 Å². The Morgan fingerprint density at radius 1 is 0.604 bits per heavy atom.